The molecular weight excluding hydrogens is 480 g/mol. The summed E-state index contributed by atoms with van der Waals surface area (Å²) in [6, 6.07) is -1.05. The van der Waals surface area contributed by atoms with Crippen molar-refractivity contribution >= 4 is 17.8 Å². The average molecular weight is 525 g/mol. The molecule has 0 aliphatic heterocycles. The van der Waals surface area contributed by atoms with Gasteiger partial charge < -0.3 is 20.7 Å². The van der Waals surface area contributed by atoms with E-state index in [0.29, 0.717) is 12.1 Å². The third-order valence-corrected chi connectivity index (χ3v) is 5.55. The SMILES string of the molecule is CCC=CCC=CCC=C(C)CC=CCC=CCCCC(=O)NCCC(=O)NC(Cc1cnc[nH]1)C(=O)O. The van der Waals surface area contributed by atoms with Gasteiger partial charge in [0.15, 0.2) is 0 Å². The summed E-state index contributed by atoms with van der Waals surface area (Å²) in [5, 5.41) is 14.5. The molecule has 1 rings (SSSR count). The van der Waals surface area contributed by atoms with Gasteiger partial charge in [0.1, 0.15) is 6.04 Å². The molecule has 2 amide bonds. The molecule has 0 bridgehead atoms. The van der Waals surface area contributed by atoms with Gasteiger partial charge in [-0.2, -0.15) is 0 Å². The van der Waals surface area contributed by atoms with Gasteiger partial charge >= 0.3 is 5.97 Å². The first-order chi connectivity index (χ1) is 18.4. The normalized spacial score (nSPS) is 13.2. The molecule has 1 aromatic heterocycles. The molecule has 0 aliphatic carbocycles. The molecule has 8 nitrogen and oxygen atoms in total. The number of nitrogens with zero attached hydrogens (tertiary/aromatic N) is 1. The monoisotopic (exact) mass is 524 g/mol. The number of allylic oxidation sites excluding steroid dienone is 10. The van der Waals surface area contributed by atoms with E-state index in [1.807, 2.05) is 0 Å². The summed E-state index contributed by atoms with van der Waals surface area (Å²) in [6.45, 7) is 4.46. The number of hydrogen-bond acceptors (Lipinski definition) is 4. The Kier molecular flexibility index (Phi) is 18.2. The molecule has 1 heterocycles. The van der Waals surface area contributed by atoms with Crippen LogP contribution in [-0.2, 0) is 20.8 Å². The second-order valence-electron chi connectivity index (χ2n) is 8.99. The minimum absolute atomic E-state index is 0.0206. The Balaban J connectivity index is 2.09. The molecule has 0 saturated heterocycles. The van der Waals surface area contributed by atoms with E-state index in [2.05, 4.69) is 89.1 Å². The van der Waals surface area contributed by atoms with Crippen LogP contribution in [0.25, 0.3) is 0 Å². The predicted molar refractivity (Wildman–Crippen MR) is 152 cm³/mol. The van der Waals surface area contributed by atoms with Crippen molar-refractivity contribution in [3.8, 4) is 0 Å². The maximum atomic E-state index is 12.0. The highest BCUT2D eigenvalue weighted by Crippen LogP contribution is 2.05. The standard InChI is InChI=1S/C30H44N4O4/c1-3-4-5-6-8-11-14-17-25(2)18-15-12-9-7-10-13-16-19-28(35)32-21-20-29(36)34-27(30(37)38)22-26-23-31-24-33-26/h4-5,7-8,10-12,15,17,23-24,27H,3,6,9,13-14,16,18-22H2,1-2H3,(H,31,33)(H,32,35)(H,34,36)(H,37,38). The van der Waals surface area contributed by atoms with Crippen LogP contribution in [0.3, 0.4) is 0 Å². The average Bonchev–Trinajstić information content (AvgIpc) is 3.40. The molecule has 0 fully saturated rings. The topological polar surface area (TPSA) is 124 Å². The maximum absolute atomic E-state index is 12.0. The smallest absolute Gasteiger partial charge is 0.326 e. The van der Waals surface area contributed by atoms with Crippen LogP contribution in [0.5, 0.6) is 0 Å². The number of H-pyrrole nitrogens is 1. The van der Waals surface area contributed by atoms with E-state index in [9.17, 15) is 19.5 Å². The van der Waals surface area contributed by atoms with Gasteiger partial charge in [0.05, 0.1) is 6.33 Å². The van der Waals surface area contributed by atoms with Gasteiger partial charge in [-0.3, -0.25) is 9.59 Å². The lowest BCUT2D eigenvalue weighted by atomic mass is 10.1. The van der Waals surface area contributed by atoms with Crippen LogP contribution in [0.4, 0.5) is 0 Å². The molecule has 0 radical (unpaired) electrons. The van der Waals surface area contributed by atoms with Crippen molar-refractivity contribution in [3.05, 3.63) is 78.5 Å². The zero-order chi connectivity index (χ0) is 27.8. The van der Waals surface area contributed by atoms with Gasteiger partial charge in [-0.25, -0.2) is 9.78 Å². The number of carboxylic acids is 1. The van der Waals surface area contributed by atoms with E-state index < -0.39 is 17.9 Å². The van der Waals surface area contributed by atoms with Crippen LogP contribution in [0.1, 0.15) is 77.3 Å². The number of carbonyl (C=O) groups is 3. The van der Waals surface area contributed by atoms with Crippen LogP contribution in [0.2, 0.25) is 0 Å². The summed E-state index contributed by atoms with van der Waals surface area (Å²) in [5.74, 6) is -1.67. The first kappa shape index (κ1) is 32.3. The Morgan fingerprint density at radius 1 is 0.974 bits per heavy atom. The summed E-state index contributed by atoms with van der Waals surface area (Å²) in [7, 11) is 0. The summed E-state index contributed by atoms with van der Waals surface area (Å²) < 4.78 is 0. The lowest BCUT2D eigenvalue weighted by Crippen LogP contribution is -2.43. The quantitative estimate of drug-likeness (QED) is 0.135. The third-order valence-electron chi connectivity index (χ3n) is 5.55. The number of aliphatic carboxylic acids is 1. The molecule has 0 saturated carbocycles. The van der Waals surface area contributed by atoms with Crippen LogP contribution < -0.4 is 10.6 Å². The molecule has 8 heteroatoms. The van der Waals surface area contributed by atoms with Crippen molar-refractivity contribution in [2.45, 2.75) is 84.1 Å². The number of carbonyl (C=O) groups excluding carboxylic acids is 2. The summed E-state index contributed by atoms with van der Waals surface area (Å²) in [4.78, 5) is 42.0. The first-order valence-corrected chi connectivity index (χ1v) is 13.4. The fraction of sp³-hybridized carbons (Fsp3) is 0.467. The Morgan fingerprint density at radius 3 is 2.39 bits per heavy atom. The van der Waals surface area contributed by atoms with Crippen molar-refractivity contribution in [1.82, 2.24) is 20.6 Å². The number of amides is 2. The van der Waals surface area contributed by atoms with Crippen molar-refractivity contribution in [2.75, 3.05) is 6.54 Å². The molecule has 0 spiro atoms. The largest absolute Gasteiger partial charge is 0.480 e. The molecule has 0 aromatic carbocycles. The van der Waals surface area contributed by atoms with E-state index >= 15 is 0 Å². The highest BCUT2D eigenvalue weighted by atomic mass is 16.4. The second kappa shape index (κ2) is 21.4. The molecule has 1 aromatic rings. The summed E-state index contributed by atoms with van der Waals surface area (Å²) in [5.41, 5.74) is 1.98. The van der Waals surface area contributed by atoms with Gasteiger partial charge in [-0.1, -0.05) is 67.2 Å². The molecular formula is C30H44N4O4. The van der Waals surface area contributed by atoms with Gasteiger partial charge in [-0.15, -0.1) is 0 Å². The van der Waals surface area contributed by atoms with Crippen molar-refractivity contribution in [1.29, 1.82) is 0 Å². The lowest BCUT2D eigenvalue weighted by molar-refractivity contribution is -0.141. The minimum atomic E-state index is -1.12. The number of imidazole rings is 1. The van der Waals surface area contributed by atoms with Crippen LogP contribution in [0, 0.1) is 0 Å². The van der Waals surface area contributed by atoms with Crippen LogP contribution >= 0.6 is 0 Å². The molecule has 208 valence electrons. The Bertz CT molecular complexity index is 959. The van der Waals surface area contributed by atoms with E-state index in [0.717, 1.165) is 44.9 Å². The fourth-order valence-electron chi connectivity index (χ4n) is 3.41. The van der Waals surface area contributed by atoms with Crippen molar-refractivity contribution in [3.63, 3.8) is 0 Å². The number of nitrogens with one attached hydrogen (secondary N) is 3. The molecule has 1 unspecified atom stereocenters. The highest BCUT2D eigenvalue weighted by molar-refractivity contribution is 5.84. The van der Waals surface area contributed by atoms with Crippen LogP contribution in [-0.4, -0.2) is 45.4 Å². The number of unbranched alkanes of at least 4 members (excludes halogenated alkanes) is 1. The van der Waals surface area contributed by atoms with Gasteiger partial charge in [0.2, 0.25) is 11.8 Å². The zero-order valence-electron chi connectivity index (χ0n) is 22.8. The number of aromatic nitrogens is 2. The van der Waals surface area contributed by atoms with E-state index in [-0.39, 0.29) is 25.3 Å². The van der Waals surface area contributed by atoms with E-state index in [1.165, 1.54) is 18.1 Å². The summed E-state index contributed by atoms with van der Waals surface area (Å²) in [6.07, 6.45) is 29.5. The Hall–Kier alpha value is -3.68. The minimum Gasteiger partial charge on any atom is -0.480 e. The molecule has 0 aliphatic rings. The van der Waals surface area contributed by atoms with Crippen molar-refractivity contribution < 1.29 is 19.5 Å². The van der Waals surface area contributed by atoms with Gasteiger partial charge in [0, 0.05) is 37.7 Å². The third kappa shape index (κ3) is 17.7. The Labute approximate surface area is 227 Å². The Morgan fingerprint density at radius 2 is 1.68 bits per heavy atom. The lowest BCUT2D eigenvalue weighted by Gasteiger charge is -2.13. The van der Waals surface area contributed by atoms with E-state index in [1.54, 1.807) is 0 Å². The first-order valence-electron chi connectivity index (χ1n) is 13.4. The summed E-state index contributed by atoms with van der Waals surface area (Å²) >= 11 is 0. The second-order valence-corrected chi connectivity index (χ2v) is 8.99. The van der Waals surface area contributed by atoms with Gasteiger partial charge in [-0.05, 0) is 51.9 Å². The van der Waals surface area contributed by atoms with Crippen molar-refractivity contribution in [2.24, 2.45) is 0 Å². The van der Waals surface area contributed by atoms with E-state index in [4.69, 9.17) is 0 Å². The maximum Gasteiger partial charge on any atom is 0.326 e. The predicted octanol–water partition coefficient (Wildman–Crippen LogP) is 5.34. The number of carboxylic acid groups (broad SMARTS) is 1. The number of aromatic amines is 1. The van der Waals surface area contributed by atoms with Crippen LogP contribution in [0.15, 0.2) is 72.8 Å². The molecule has 1 atom stereocenters. The highest BCUT2D eigenvalue weighted by Gasteiger charge is 2.20. The number of hydrogen-bond donors (Lipinski definition) is 4. The number of rotatable bonds is 20. The zero-order valence-corrected chi connectivity index (χ0v) is 22.8. The fourth-order valence-corrected chi connectivity index (χ4v) is 3.41. The van der Waals surface area contributed by atoms with Gasteiger partial charge in [0.25, 0.3) is 0 Å². The molecule has 4 N–H and O–H groups in total. The molecule has 38 heavy (non-hydrogen) atoms.